The van der Waals surface area contributed by atoms with Gasteiger partial charge in [-0.1, -0.05) is 30.3 Å². The number of nitrogens with zero attached hydrogens (tertiary/aromatic N) is 3. The summed E-state index contributed by atoms with van der Waals surface area (Å²) >= 11 is 0. The lowest BCUT2D eigenvalue weighted by Crippen LogP contribution is -2.50. The van der Waals surface area contributed by atoms with Crippen molar-refractivity contribution in [3.05, 3.63) is 65.7 Å². The van der Waals surface area contributed by atoms with Crippen LogP contribution in [0.1, 0.15) is 42.1 Å². The Kier molecular flexibility index (Phi) is 12.6. The Morgan fingerprint density at radius 1 is 0.976 bits per heavy atom. The van der Waals surface area contributed by atoms with Gasteiger partial charge in [-0.2, -0.15) is 13.2 Å². The zero-order valence-corrected chi connectivity index (χ0v) is 23.8. The normalized spacial score (nSPS) is 16.2. The van der Waals surface area contributed by atoms with Gasteiger partial charge in [-0.15, -0.1) is 0 Å². The van der Waals surface area contributed by atoms with E-state index in [1.807, 2.05) is 47.1 Å². The number of hydrogen-bond donors (Lipinski definition) is 2. The minimum atomic E-state index is -5.08. The number of benzene rings is 2. The van der Waals surface area contributed by atoms with Crippen molar-refractivity contribution in [3.8, 4) is 5.75 Å². The number of piperidine rings is 1. The summed E-state index contributed by atoms with van der Waals surface area (Å²) in [5, 5.41) is 10.4. The van der Waals surface area contributed by atoms with Gasteiger partial charge in [0.05, 0.1) is 6.61 Å². The van der Waals surface area contributed by atoms with E-state index in [1.165, 1.54) is 5.56 Å². The van der Waals surface area contributed by atoms with E-state index in [-0.39, 0.29) is 17.9 Å². The van der Waals surface area contributed by atoms with E-state index in [9.17, 15) is 22.8 Å². The first-order valence-corrected chi connectivity index (χ1v) is 14.2. The molecule has 2 fully saturated rings. The summed E-state index contributed by atoms with van der Waals surface area (Å²) in [5.41, 5.74) is 1.96. The number of aliphatic carboxylic acids is 1. The van der Waals surface area contributed by atoms with Crippen molar-refractivity contribution < 1.29 is 37.4 Å². The van der Waals surface area contributed by atoms with E-state index in [2.05, 4.69) is 34.5 Å². The van der Waals surface area contributed by atoms with Crippen LogP contribution in [0.25, 0.3) is 0 Å². The minimum absolute atomic E-state index is 0.00247. The predicted molar refractivity (Wildman–Crippen MR) is 151 cm³/mol. The first kappa shape index (κ1) is 32.9. The molecule has 12 heteroatoms. The van der Waals surface area contributed by atoms with Gasteiger partial charge in [-0.3, -0.25) is 14.5 Å². The standard InChI is InChI=1S/C28H38N4O3.C2HF3O2/c1-2-35-26-10-8-24(9-11-26)28(34)32(19-14-27(33)31-20-15-29-16-21-31)25-12-17-30(18-13-25)22-23-6-4-3-5-7-23;3-2(4,5)1(6)7/h3-11,25,29H,2,12-22H2,1H3;(H,6,7). The maximum Gasteiger partial charge on any atom is 0.490 e. The van der Waals surface area contributed by atoms with Gasteiger partial charge in [0, 0.05) is 70.4 Å². The highest BCUT2D eigenvalue weighted by Crippen LogP contribution is 2.22. The second-order valence-electron chi connectivity index (χ2n) is 10.1. The van der Waals surface area contributed by atoms with Crippen molar-refractivity contribution in [2.45, 2.75) is 44.9 Å². The smallest absolute Gasteiger partial charge is 0.490 e. The summed E-state index contributed by atoms with van der Waals surface area (Å²) < 4.78 is 37.3. The largest absolute Gasteiger partial charge is 0.494 e. The first-order chi connectivity index (χ1) is 20.1. The van der Waals surface area contributed by atoms with E-state index < -0.39 is 12.1 Å². The van der Waals surface area contributed by atoms with E-state index in [1.54, 1.807) is 0 Å². The number of halogens is 3. The highest BCUT2D eigenvalue weighted by molar-refractivity contribution is 5.95. The fourth-order valence-electron chi connectivity index (χ4n) is 5.00. The maximum atomic E-state index is 13.6. The lowest BCUT2D eigenvalue weighted by Gasteiger charge is -2.39. The maximum absolute atomic E-state index is 13.6. The summed E-state index contributed by atoms with van der Waals surface area (Å²) in [6, 6.07) is 18.0. The molecule has 0 spiro atoms. The Morgan fingerprint density at radius 2 is 1.57 bits per heavy atom. The quantitative estimate of drug-likeness (QED) is 0.459. The lowest BCUT2D eigenvalue weighted by atomic mass is 10.0. The third kappa shape index (κ3) is 10.3. The van der Waals surface area contributed by atoms with Crippen LogP contribution in [0.15, 0.2) is 54.6 Å². The molecule has 4 rings (SSSR count). The molecule has 0 aromatic heterocycles. The summed E-state index contributed by atoms with van der Waals surface area (Å²) in [7, 11) is 0. The molecule has 42 heavy (non-hydrogen) atoms. The molecule has 230 valence electrons. The fourth-order valence-corrected chi connectivity index (χ4v) is 5.00. The lowest BCUT2D eigenvalue weighted by molar-refractivity contribution is -0.192. The number of hydrogen-bond acceptors (Lipinski definition) is 6. The summed E-state index contributed by atoms with van der Waals surface area (Å²) in [6.07, 6.45) is -2.89. The zero-order chi connectivity index (χ0) is 30.5. The number of nitrogens with one attached hydrogen (secondary N) is 1. The van der Waals surface area contributed by atoms with Gasteiger partial charge in [0.2, 0.25) is 5.91 Å². The van der Waals surface area contributed by atoms with Crippen molar-refractivity contribution in [1.82, 2.24) is 20.0 Å². The highest BCUT2D eigenvalue weighted by Gasteiger charge is 2.38. The molecular formula is C30H39F3N4O5. The van der Waals surface area contributed by atoms with E-state index in [0.717, 1.165) is 64.4 Å². The Balaban J connectivity index is 0.000000616. The molecule has 0 saturated carbocycles. The molecule has 9 nitrogen and oxygen atoms in total. The van der Waals surface area contributed by atoms with Gasteiger partial charge in [0.15, 0.2) is 0 Å². The minimum Gasteiger partial charge on any atom is -0.494 e. The Hall–Kier alpha value is -3.64. The number of carbonyl (C=O) groups excluding carboxylic acids is 2. The molecule has 2 saturated heterocycles. The topological polar surface area (TPSA) is 102 Å². The summed E-state index contributed by atoms with van der Waals surface area (Å²) in [4.78, 5) is 41.7. The molecule has 2 aromatic carbocycles. The summed E-state index contributed by atoms with van der Waals surface area (Å²) in [5.74, 6) is -1.86. The third-order valence-corrected chi connectivity index (χ3v) is 7.20. The first-order valence-electron chi connectivity index (χ1n) is 14.2. The second-order valence-corrected chi connectivity index (χ2v) is 10.1. The van der Waals surface area contributed by atoms with Crippen LogP contribution < -0.4 is 10.1 Å². The molecule has 2 aromatic rings. The number of carbonyl (C=O) groups is 3. The van der Waals surface area contributed by atoms with Crippen LogP contribution in [0.4, 0.5) is 13.2 Å². The predicted octanol–water partition coefficient (Wildman–Crippen LogP) is 3.65. The molecule has 2 N–H and O–H groups in total. The van der Waals surface area contributed by atoms with Crippen LogP contribution in [-0.4, -0.2) is 102 Å². The number of likely N-dealkylation sites (tertiary alicyclic amines) is 1. The van der Waals surface area contributed by atoms with E-state index in [0.29, 0.717) is 25.1 Å². The molecule has 2 aliphatic heterocycles. The van der Waals surface area contributed by atoms with Crippen LogP contribution in [0, 0.1) is 0 Å². The molecule has 0 atom stereocenters. The number of carboxylic acids is 1. The molecule has 2 amide bonds. The Labute approximate surface area is 244 Å². The fraction of sp³-hybridized carbons (Fsp3) is 0.500. The van der Waals surface area contributed by atoms with Crippen LogP contribution in [-0.2, 0) is 16.1 Å². The zero-order valence-electron chi connectivity index (χ0n) is 23.8. The monoisotopic (exact) mass is 592 g/mol. The van der Waals surface area contributed by atoms with Gasteiger partial charge in [0.1, 0.15) is 5.75 Å². The molecule has 0 radical (unpaired) electrons. The number of alkyl halides is 3. The van der Waals surface area contributed by atoms with Gasteiger partial charge in [0.25, 0.3) is 5.91 Å². The third-order valence-electron chi connectivity index (χ3n) is 7.20. The van der Waals surface area contributed by atoms with Gasteiger partial charge in [-0.05, 0) is 49.6 Å². The van der Waals surface area contributed by atoms with Crippen molar-refractivity contribution in [2.24, 2.45) is 0 Å². The average Bonchev–Trinajstić information content (AvgIpc) is 2.99. The number of ether oxygens (including phenoxy) is 1. The van der Waals surface area contributed by atoms with E-state index >= 15 is 0 Å². The molecule has 0 aliphatic carbocycles. The number of amides is 2. The Bertz CT molecular complexity index is 1130. The van der Waals surface area contributed by atoms with Crippen LogP contribution in [0.3, 0.4) is 0 Å². The van der Waals surface area contributed by atoms with E-state index in [4.69, 9.17) is 14.6 Å². The molecule has 0 bridgehead atoms. The summed E-state index contributed by atoms with van der Waals surface area (Å²) in [6.45, 7) is 8.96. The molecular weight excluding hydrogens is 553 g/mol. The molecule has 2 heterocycles. The van der Waals surface area contributed by atoms with Crippen molar-refractivity contribution in [1.29, 1.82) is 0 Å². The molecule has 2 aliphatic rings. The second kappa shape index (κ2) is 16.1. The van der Waals surface area contributed by atoms with Crippen molar-refractivity contribution in [3.63, 3.8) is 0 Å². The Morgan fingerprint density at radius 3 is 2.12 bits per heavy atom. The van der Waals surface area contributed by atoms with Gasteiger partial charge in [-0.25, -0.2) is 4.79 Å². The number of carboxylic acid groups (broad SMARTS) is 1. The van der Waals surface area contributed by atoms with Gasteiger partial charge >= 0.3 is 12.1 Å². The van der Waals surface area contributed by atoms with Crippen LogP contribution >= 0.6 is 0 Å². The van der Waals surface area contributed by atoms with Crippen LogP contribution in [0.2, 0.25) is 0 Å². The number of rotatable bonds is 9. The van der Waals surface area contributed by atoms with Crippen molar-refractivity contribution >= 4 is 17.8 Å². The van der Waals surface area contributed by atoms with Crippen LogP contribution in [0.5, 0.6) is 5.75 Å². The number of piperazine rings is 1. The highest BCUT2D eigenvalue weighted by atomic mass is 19.4. The molecule has 0 unspecified atom stereocenters. The SMILES string of the molecule is CCOc1ccc(C(=O)N(CCC(=O)N2CCNCC2)C2CCN(Cc3ccccc3)CC2)cc1.O=C(O)C(F)(F)F. The average molecular weight is 593 g/mol. The van der Waals surface area contributed by atoms with Gasteiger partial charge < -0.3 is 25.0 Å². The van der Waals surface area contributed by atoms with Crippen molar-refractivity contribution in [2.75, 3.05) is 52.4 Å².